The van der Waals surface area contributed by atoms with Crippen LogP contribution in [0.2, 0.25) is 0 Å². The predicted octanol–water partition coefficient (Wildman–Crippen LogP) is 5.67. The normalized spacial score (nSPS) is 16.3. The maximum absolute atomic E-state index is 16.0. The zero-order valence-electron chi connectivity index (χ0n) is 22.5. The van der Waals surface area contributed by atoms with E-state index in [0.717, 1.165) is 6.07 Å². The molecule has 6 nitrogen and oxygen atoms in total. The first-order valence-corrected chi connectivity index (χ1v) is 13.0. The number of pyridine rings is 1. The number of halogens is 4. The second kappa shape index (κ2) is 12.4. The number of hydrogen-bond acceptors (Lipinski definition) is 6. The molecule has 0 saturated carbocycles. The van der Waals surface area contributed by atoms with Crippen LogP contribution in [0.15, 0.2) is 36.5 Å². The number of fused-ring (bicyclic) bond motifs is 1. The van der Waals surface area contributed by atoms with Crippen molar-refractivity contribution in [2.45, 2.75) is 31.9 Å². The van der Waals surface area contributed by atoms with Gasteiger partial charge >= 0.3 is 0 Å². The first kappa shape index (κ1) is 28.9. The van der Waals surface area contributed by atoms with Gasteiger partial charge in [0.05, 0.1) is 24.5 Å². The number of hydrogen-bond donors (Lipinski definition) is 1. The Bertz CT molecular complexity index is 1280. The van der Waals surface area contributed by atoms with E-state index in [9.17, 15) is 18.3 Å². The lowest BCUT2D eigenvalue weighted by Gasteiger charge is -2.41. The van der Waals surface area contributed by atoms with E-state index in [0.29, 0.717) is 72.9 Å². The van der Waals surface area contributed by atoms with Gasteiger partial charge in [0.2, 0.25) is 5.82 Å². The van der Waals surface area contributed by atoms with Crippen LogP contribution in [0.5, 0.6) is 11.5 Å². The number of anilines is 1. The van der Waals surface area contributed by atoms with Gasteiger partial charge < -0.3 is 19.5 Å². The smallest absolute Gasteiger partial charge is 0.200 e. The van der Waals surface area contributed by atoms with E-state index < -0.39 is 34.8 Å². The Morgan fingerprint density at radius 3 is 2.54 bits per heavy atom. The topological polar surface area (TPSA) is 58.1 Å². The van der Waals surface area contributed by atoms with Crippen LogP contribution in [-0.2, 0) is 0 Å². The highest BCUT2D eigenvalue weighted by molar-refractivity contribution is 5.88. The van der Waals surface area contributed by atoms with Gasteiger partial charge in [0, 0.05) is 50.3 Å². The molecule has 1 aliphatic heterocycles. The van der Waals surface area contributed by atoms with Crippen LogP contribution < -0.4 is 14.4 Å². The lowest BCUT2D eigenvalue weighted by molar-refractivity contribution is 0.0264. The number of aromatic nitrogens is 1. The Morgan fingerprint density at radius 1 is 1.13 bits per heavy atom. The molecule has 3 aromatic rings. The van der Waals surface area contributed by atoms with Gasteiger partial charge in [-0.25, -0.2) is 13.2 Å². The summed E-state index contributed by atoms with van der Waals surface area (Å²) in [6, 6.07) is 6.72. The number of ether oxygens (including phenoxy) is 2. The van der Waals surface area contributed by atoms with E-state index in [-0.39, 0.29) is 19.6 Å². The highest BCUT2D eigenvalue weighted by Crippen LogP contribution is 2.42. The van der Waals surface area contributed by atoms with Crippen molar-refractivity contribution >= 4 is 16.6 Å². The molecule has 1 N–H and O–H groups in total. The number of alkyl halides is 1. The van der Waals surface area contributed by atoms with E-state index in [1.54, 1.807) is 19.4 Å². The number of aliphatic hydroxyl groups is 1. The minimum absolute atomic E-state index is 0.0523. The molecule has 0 bridgehead atoms. The third-order valence-electron chi connectivity index (χ3n) is 7.70. The molecule has 1 fully saturated rings. The van der Waals surface area contributed by atoms with Gasteiger partial charge in [-0.05, 0) is 62.4 Å². The van der Waals surface area contributed by atoms with E-state index in [1.807, 2.05) is 31.1 Å². The second-order valence-corrected chi connectivity index (χ2v) is 10.4. The number of aliphatic hydroxyl groups excluding tert-OH is 1. The number of rotatable bonds is 11. The Labute approximate surface area is 226 Å². The Kier molecular flexibility index (Phi) is 9.17. The van der Waals surface area contributed by atoms with Gasteiger partial charge in [0.1, 0.15) is 24.3 Å². The van der Waals surface area contributed by atoms with Crippen molar-refractivity contribution in [1.82, 2.24) is 9.88 Å². The number of nitrogens with zero attached hydrogens (tertiary/aromatic N) is 3. The zero-order chi connectivity index (χ0) is 28.2. The number of piperidine rings is 1. The summed E-state index contributed by atoms with van der Waals surface area (Å²) in [7, 11) is 5.28. The number of likely N-dealkylation sites (tertiary alicyclic amines) is 1. The highest BCUT2D eigenvalue weighted by Gasteiger charge is 2.35. The van der Waals surface area contributed by atoms with E-state index in [4.69, 9.17) is 9.47 Å². The molecule has 1 saturated heterocycles. The molecule has 0 spiro atoms. The van der Waals surface area contributed by atoms with Crippen LogP contribution in [0.1, 0.15) is 37.4 Å². The molecule has 1 aliphatic rings. The molecule has 0 radical (unpaired) electrons. The summed E-state index contributed by atoms with van der Waals surface area (Å²) in [5.74, 6) is -3.24. The molecular weight excluding hydrogens is 514 g/mol. The van der Waals surface area contributed by atoms with Crippen molar-refractivity contribution in [2.24, 2.45) is 5.41 Å². The van der Waals surface area contributed by atoms with Crippen LogP contribution >= 0.6 is 0 Å². The summed E-state index contributed by atoms with van der Waals surface area (Å²) in [6.07, 6.45) is 2.48. The summed E-state index contributed by atoms with van der Waals surface area (Å²) < 4.78 is 67.2. The molecule has 212 valence electrons. The monoisotopic (exact) mass is 549 g/mol. The largest absolute Gasteiger partial charge is 0.497 e. The van der Waals surface area contributed by atoms with Crippen LogP contribution in [0.3, 0.4) is 0 Å². The molecular formula is C29H35F4N3O3. The van der Waals surface area contributed by atoms with Crippen LogP contribution in [0.4, 0.5) is 23.2 Å². The third kappa shape index (κ3) is 6.55. The van der Waals surface area contributed by atoms with Crippen molar-refractivity contribution in [3.8, 4) is 11.5 Å². The fraction of sp³-hybridized carbons (Fsp3) is 0.483. The van der Waals surface area contributed by atoms with Crippen LogP contribution in [-0.4, -0.2) is 69.0 Å². The van der Waals surface area contributed by atoms with Gasteiger partial charge in [0.25, 0.3) is 0 Å². The zero-order valence-corrected chi connectivity index (χ0v) is 22.5. The summed E-state index contributed by atoms with van der Waals surface area (Å²) in [6.45, 7) is 1.72. The fourth-order valence-corrected chi connectivity index (χ4v) is 5.23. The predicted molar refractivity (Wildman–Crippen MR) is 143 cm³/mol. The molecule has 1 atom stereocenters. The summed E-state index contributed by atoms with van der Waals surface area (Å²) in [4.78, 5) is 8.42. The van der Waals surface area contributed by atoms with Crippen molar-refractivity contribution in [1.29, 1.82) is 0 Å². The molecule has 1 aromatic heterocycles. The highest BCUT2D eigenvalue weighted by atomic mass is 19.2. The van der Waals surface area contributed by atoms with Crippen molar-refractivity contribution in [3.63, 3.8) is 0 Å². The minimum atomic E-state index is -1.29. The Balaban J connectivity index is 1.38. The first-order chi connectivity index (χ1) is 18.7. The molecule has 39 heavy (non-hydrogen) atoms. The molecule has 0 unspecified atom stereocenters. The minimum Gasteiger partial charge on any atom is -0.497 e. The van der Waals surface area contributed by atoms with Gasteiger partial charge in [-0.2, -0.15) is 4.39 Å². The number of methoxy groups -OCH3 is 1. The average Bonchev–Trinajstić information content (AvgIpc) is 2.94. The van der Waals surface area contributed by atoms with Crippen molar-refractivity contribution < 1.29 is 32.1 Å². The Hall–Kier alpha value is -3.11. The second-order valence-electron chi connectivity index (χ2n) is 10.4. The maximum Gasteiger partial charge on any atom is 0.200 e. The van der Waals surface area contributed by atoms with E-state index in [2.05, 4.69) is 9.88 Å². The molecule has 2 aromatic carbocycles. The standard InChI is InChI=1S/C29H35F4N3O3/c1-35(2)25-17-34-24-5-4-20(38-3)16-21(24)27(25)22(31)6-7-29(18-37)8-10-36(11-9-29)12-13-39-26-15-19(30)14-23(32)28(26)33/h4-5,14-17,22,37H,6-13,18H2,1-3H3/t22-/m1/s1. The summed E-state index contributed by atoms with van der Waals surface area (Å²) in [5.41, 5.74) is 1.53. The third-order valence-corrected chi connectivity index (χ3v) is 7.70. The van der Waals surface area contributed by atoms with Gasteiger partial charge in [-0.1, -0.05) is 0 Å². The van der Waals surface area contributed by atoms with Crippen LogP contribution in [0.25, 0.3) is 10.9 Å². The average molecular weight is 550 g/mol. The first-order valence-electron chi connectivity index (χ1n) is 13.0. The van der Waals surface area contributed by atoms with Gasteiger partial charge in [-0.15, -0.1) is 0 Å². The van der Waals surface area contributed by atoms with Crippen LogP contribution in [0, 0.1) is 22.9 Å². The molecule has 4 rings (SSSR count). The summed E-state index contributed by atoms with van der Waals surface area (Å²) in [5, 5.41) is 11.0. The quantitative estimate of drug-likeness (QED) is 0.246. The fourth-order valence-electron chi connectivity index (χ4n) is 5.23. The van der Waals surface area contributed by atoms with E-state index >= 15 is 4.39 Å². The SMILES string of the molecule is COc1ccc2ncc(N(C)C)c([C@H](F)CCC3(CO)CCN(CCOc4cc(F)cc(F)c4F)CC3)c2c1. The maximum atomic E-state index is 16.0. The lowest BCUT2D eigenvalue weighted by Crippen LogP contribution is -2.43. The molecule has 0 amide bonds. The van der Waals surface area contributed by atoms with Crippen molar-refractivity contribution in [2.75, 3.05) is 59.0 Å². The number of benzene rings is 2. The van der Waals surface area contributed by atoms with Gasteiger partial charge in [-0.3, -0.25) is 9.88 Å². The van der Waals surface area contributed by atoms with Crippen molar-refractivity contribution in [3.05, 3.63) is 59.5 Å². The molecule has 10 heteroatoms. The van der Waals surface area contributed by atoms with Gasteiger partial charge in [0.15, 0.2) is 11.6 Å². The van der Waals surface area contributed by atoms with E-state index in [1.165, 1.54) is 0 Å². The molecule has 0 aliphatic carbocycles. The summed E-state index contributed by atoms with van der Waals surface area (Å²) >= 11 is 0. The Morgan fingerprint density at radius 2 is 1.87 bits per heavy atom. The molecule has 2 heterocycles. The lowest BCUT2D eigenvalue weighted by atomic mass is 9.74.